The van der Waals surface area contributed by atoms with Gasteiger partial charge in [0.15, 0.2) is 0 Å². The fourth-order valence-electron chi connectivity index (χ4n) is 2.88. The Balaban J connectivity index is 2.12. The van der Waals surface area contributed by atoms with Gasteiger partial charge < -0.3 is 4.74 Å². The number of alkyl halides is 6. The first-order valence-corrected chi connectivity index (χ1v) is 8.04. The number of hydrogen-bond acceptors (Lipinski definition) is 2. The lowest BCUT2D eigenvalue weighted by molar-refractivity contribution is -0.146. The molecule has 0 saturated heterocycles. The molecular formula is C19H14F6N2O. The maximum Gasteiger partial charge on any atom is 0.450 e. The van der Waals surface area contributed by atoms with Gasteiger partial charge in [-0.3, -0.25) is 4.57 Å². The molecule has 0 spiro atoms. The summed E-state index contributed by atoms with van der Waals surface area (Å²) in [5.74, 6) is -0.779. The van der Waals surface area contributed by atoms with E-state index in [0.717, 1.165) is 16.8 Å². The van der Waals surface area contributed by atoms with Gasteiger partial charge in [0, 0.05) is 24.0 Å². The predicted octanol–water partition coefficient (Wildman–Crippen LogP) is 5.51. The summed E-state index contributed by atoms with van der Waals surface area (Å²) in [6, 6.07) is 10.5. The molecule has 2 aromatic carbocycles. The van der Waals surface area contributed by atoms with Crippen LogP contribution in [0.2, 0.25) is 0 Å². The van der Waals surface area contributed by atoms with Gasteiger partial charge in [0.2, 0.25) is 5.82 Å². The molecule has 0 unspecified atom stereocenters. The van der Waals surface area contributed by atoms with Gasteiger partial charge in [-0.05, 0) is 35.9 Å². The van der Waals surface area contributed by atoms with Crippen LogP contribution >= 0.6 is 0 Å². The number of benzene rings is 2. The van der Waals surface area contributed by atoms with Gasteiger partial charge in [-0.25, -0.2) is 4.98 Å². The van der Waals surface area contributed by atoms with E-state index in [1.807, 2.05) is 0 Å². The van der Waals surface area contributed by atoms with Crippen LogP contribution in [-0.2, 0) is 18.8 Å². The van der Waals surface area contributed by atoms with Crippen LogP contribution in [-0.4, -0.2) is 16.7 Å². The van der Waals surface area contributed by atoms with Crippen molar-refractivity contribution in [2.24, 2.45) is 0 Å². The maximum atomic E-state index is 13.4. The zero-order valence-corrected chi connectivity index (χ0v) is 14.5. The Morgan fingerprint density at radius 2 is 1.54 bits per heavy atom. The average molecular weight is 400 g/mol. The van der Waals surface area contributed by atoms with Crippen molar-refractivity contribution in [3.63, 3.8) is 0 Å². The van der Waals surface area contributed by atoms with Crippen LogP contribution in [0.15, 0.2) is 54.7 Å². The van der Waals surface area contributed by atoms with Gasteiger partial charge in [0.05, 0.1) is 12.7 Å². The van der Waals surface area contributed by atoms with E-state index in [4.69, 9.17) is 4.74 Å². The highest BCUT2D eigenvalue weighted by Crippen LogP contribution is 2.35. The monoisotopic (exact) mass is 400 g/mol. The third-order valence-corrected chi connectivity index (χ3v) is 4.11. The minimum absolute atomic E-state index is 0.0193. The van der Waals surface area contributed by atoms with Crippen LogP contribution in [0.25, 0.3) is 5.69 Å². The Morgan fingerprint density at radius 3 is 2.11 bits per heavy atom. The van der Waals surface area contributed by atoms with Crippen molar-refractivity contribution in [3.05, 3.63) is 77.4 Å². The van der Waals surface area contributed by atoms with Crippen molar-refractivity contribution in [2.75, 3.05) is 7.11 Å². The summed E-state index contributed by atoms with van der Waals surface area (Å²) in [7, 11) is 1.41. The molecule has 0 aliphatic carbocycles. The second kappa shape index (κ2) is 7.21. The van der Waals surface area contributed by atoms with E-state index < -0.39 is 23.7 Å². The van der Waals surface area contributed by atoms with E-state index in [-0.39, 0.29) is 23.4 Å². The molecule has 28 heavy (non-hydrogen) atoms. The van der Waals surface area contributed by atoms with Gasteiger partial charge in [-0.15, -0.1) is 0 Å². The molecule has 148 valence electrons. The molecule has 0 saturated carbocycles. The first-order valence-electron chi connectivity index (χ1n) is 8.04. The number of aromatic nitrogens is 2. The van der Waals surface area contributed by atoms with E-state index in [1.165, 1.54) is 49.6 Å². The Hall–Kier alpha value is -2.97. The summed E-state index contributed by atoms with van der Waals surface area (Å²) in [5, 5.41) is 0. The smallest absolute Gasteiger partial charge is 0.450 e. The Bertz CT molecular complexity index is 958. The fourth-order valence-corrected chi connectivity index (χ4v) is 2.88. The van der Waals surface area contributed by atoms with Gasteiger partial charge in [0.1, 0.15) is 5.75 Å². The lowest BCUT2D eigenvalue weighted by atomic mass is 10.0. The van der Waals surface area contributed by atoms with Crippen LogP contribution in [0.3, 0.4) is 0 Å². The zero-order valence-electron chi connectivity index (χ0n) is 14.5. The van der Waals surface area contributed by atoms with Crippen molar-refractivity contribution < 1.29 is 31.1 Å². The number of rotatable bonds is 4. The lowest BCUT2D eigenvalue weighted by Crippen LogP contribution is -2.16. The van der Waals surface area contributed by atoms with Gasteiger partial charge in [-0.1, -0.05) is 18.2 Å². The minimum atomic E-state index is -4.78. The standard InChI is InChI=1S/C19H14F6N2O/c1-28-15-8-6-13(7-9-15)27-14(11-26-17(27)19(23,24)25)10-12-4-2-3-5-16(12)18(20,21)22/h2-9,11H,10H2,1H3. The van der Waals surface area contributed by atoms with Crippen molar-refractivity contribution in [3.8, 4) is 11.4 Å². The van der Waals surface area contributed by atoms with Crippen LogP contribution in [0.1, 0.15) is 22.6 Å². The molecular weight excluding hydrogens is 386 g/mol. The summed E-state index contributed by atoms with van der Waals surface area (Å²) in [4.78, 5) is 3.42. The van der Waals surface area contributed by atoms with E-state index in [1.54, 1.807) is 0 Å². The summed E-state index contributed by atoms with van der Waals surface area (Å²) >= 11 is 0. The van der Waals surface area contributed by atoms with E-state index in [9.17, 15) is 26.3 Å². The van der Waals surface area contributed by atoms with E-state index >= 15 is 0 Å². The Morgan fingerprint density at radius 1 is 0.893 bits per heavy atom. The third kappa shape index (κ3) is 3.97. The molecule has 0 atom stereocenters. The number of imidazole rings is 1. The Labute approximate surface area is 156 Å². The summed E-state index contributed by atoms with van der Waals surface area (Å²) in [6.45, 7) is 0. The molecule has 1 aromatic heterocycles. The second-order valence-electron chi connectivity index (χ2n) is 5.94. The first-order chi connectivity index (χ1) is 13.1. The molecule has 0 N–H and O–H groups in total. The largest absolute Gasteiger partial charge is 0.497 e. The highest BCUT2D eigenvalue weighted by Gasteiger charge is 2.38. The number of methoxy groups -OCH3 is 1. The maximum absolute atomic E-state index is 13.4. The summed E-state index contributed by atoms with van der Waals surface area (Å²) < 4.78 is 85.7. The van der Waals surface area contributed by atoms with Crippen molar-refractivity contribution in [1.29, 1.82) is 0 Å². The molecule has 9 heteroatoms. The van der Waals surface area contributed by atoms with Gasteiger partial charge >= 0.3 is 12.4 Å². The predicted molar refractivity (Wildman–Crippen MR) is 89.4 cm³/mol. The molecule has 3 rings (SSSR count). The molecule has 0 radical (unpaired) electrons. The number of nitrogens with zero attached hydrogens (tertiary/aromatic N) is 2. The highest BCUT2D eigenvalue weighted by molar-refractivity contribution is 5.42. The zero-order chi connectivity index (χ0) is 20.5. The van der Waals surface area contributed by atoms with Crippen molar-refractivity contribution in [1.82, 2.24) is 9.55 Å². The average Bonchev–Trinajstić information content (AvgIpc) is 3.05. The number of ether oxygens (including phenoxy) is 1. The van der Waals surface area contributed by atoms with Crippen LogP contribution in [0.5, 0.6) is 5.75 Å². The molecule has 0 amide bonds. The second-order valence-corrected chi connectivity index (χ2v) is 5.94. The Kier molecular flexibility index (Phi) is 5.10. The van der Waals surface area contributed by atoms with E-state index in [2.05, 4.69) is 4.98 Å². The molecule has 1 heterocycles. The fraction of sp³-hybridized carbons (Fsp3) is 0.211. The van der Waals surface area contributed by atoms with Gasteiger partial charge in [0.25, 0.3) is 0 Å². The molecule has 3 aromatic rings. The van der Waals surface area contributed by atoms with Crippen LogP contribution in [0, 0.1) is 0 Å². The van der Waals surface area contributed by atoms with Crippen LogP contribution < -0.4 is 4.74 Å². The normalized spacial score (nSPS) is 12.2. The van der Waals surface area contributed by atoms with E-state index in [0.29, 0.717) is 5.75 Å². The molecule has 0 aliphatic heterocycles. The molecule has 0 aliphatic rings. The molecule has 0 fully saturated rings. The molecule has 3 nitrogen and oxygen atoms in total. The first kappa shape index (κ1) is 19.8. The highest BCUT2D eigenvalue weighted by atomic mass is 19.4. The molecule has 0 bridgehead atoms. The van der Waals surface area contributed by atoms with Crippen LogP contribution in [0.4, 0.5) is 26.3 Å². The summed E-state index contributed by atoms with van der Waals surface area (Å²) in [6.07, 6.45) is -8.82. The number of halogens is 6. The van der Waals surface area contributed by atoms with Gasteiger partial charge in [-0.2, -0.15) is 26.3 Å². The SMILES string of the molecule is COc1ccc(-n2c(Cc3ccccc3C(F)(F)F)cnc2C(F)(F)F)cc1. The third-order valence-electron chi connectivity index (χ3n) is 4.11. The van der Waals surface area contributed by atoms with Crippen molar-refractivity contribution >= 4 is 0 Å². The quantitative estimate of drug-likeness (QED) is 0.540. The topological polar surface area (TPSA) is 27.1 Å². The minimum Gasteiger partial charge on any atom is -0.497 e. The lowest BCUT2D eigenvalue weighted by Gasteiger charge is -2.16. The van der Waals surface area contributed by atoms with Crippen molar-refractivity contribution in [2.45, 2.75) is 18.8 Å². The number of hydrogen-bond donors (Lipinski definition) is 0. The summed E-state index contributed by atoms with van der Waals surface area (Å²) in [5.41, 5.74) is -0.941.